The third-order valence-corrected chi connectivity index (χ3v) is 6.45. The van der Waals surface area contributed by atoms with Crippen molar-refractivity contribution in [2.24, 2.45) is 16.8 Å². The molecular formula is C28H37FN2S. The van der Waals surface area contributed by atoms with Crippen LogP contribution in [0.5, 0.6) is 0 Å². The molecule has 1 aliphatic carbocycles. The van der Waals surface area contributed by atoms with Crippen molar-refractivity contribution in [2.45, 2.75) is 52.3 Å². The number of nitrogens with zero attached hydrogens (tertiary/aromatic N) is 1. The average Bonchev–Trinajstić information content (AvgIpc) is 3.04. The van der Waals surface area contributed by atoms with Crippen LogP contribution in [0, 0.1) is 17.7 Å². The first kappa shape index (κ1) is 25.9. The van der Waals surface area contributed by atoms with Crippen LogP contribution in [0.3, 0.4) is 0 Å². The number of benzene rings is 1. The van der Waals surface area contributed by atoms with Gasteiger partial charge in [-0.1, -0.05) is 99.4 Å². The molecular weight excluding hydrogens is 415 g/mol. The number of hydrogen-bond acceptors (Lipinski definition) is 3. The quantitative estimate of drug-likeness (QED) is 0.354. The molecule has 0 bridgehead atoms. The topological polar surface area (TPSA) is 24.4 Å². The van der Waals surface area contributed by atoms with Gasteiger partial charge in [-0.15, -0.1) is 0 Å². The van der Waals surface area contributed by atoms with Gasteiger partial charge in [0.1, 0.15) is 5.82 Å². The monoisotopic (exact) mass is 452 g/mol. The molecule has 0 amide bonds. The van der Waals surface area contributed by atoms with E-state index in [4.69, 9.17) is 4.99 Å². The summed E-state index contributed by atoms with van der Waals surface area (Å²) in [7, 11) is 0. The van der Waals surface area contributed by atoms with E-state index in [9.17, 15) is 4.39 Å². The van der Waals surface area contributed by atoms with Gasteiger partial charge in [-0.2, -0.15) is 0 Å². The molecule has 2 aliphatic rings. The fraction of sp³-hybridized carbons (Fsp3) is 0.393. The minimum absolute atomic E-state index is 0.121. The number of aliphatic imine (C=N–C) groups is 1. The van der Waals surface area contributed by atoms with Gasteiger partial charge in [0.05, 0.1) is 12.6 Å². The first-order valence-electron chi connectivity index (χ1n) is 11.6. The van der Waals surface area contributed by atoms with E-state index in [2.05, 4.69) is 49.2 Å². The lowest BCUT2D eigenvalue weighted by atomic mass is 9.83. The molecule has 0 saturated carbocycles. The third kappa shape index (κ3) is 7.67. The summed E-state index contributed by atoms with van der Waals surface area (Å²) in [5.74, 6) is 1.32. The summed E-state index contributed by atoms with van der Waals surface area (Å²) in [4.78, 5) is 4.86. The molecule has 1 aromatic carbocycles. The van der Waals surface area contributed by atoms with E-state index < -0.39 is 0 Å². The maximum absolute atomic E-state index is 13.5. The van der Waals surface area contributed by atoms with Gasteiger partial charge in [0.15, 0.2) is 5.17 Å². The van der Waals surface area contributed by atoms with Gasteiger partial charge in [-0.25, -0.2) is 4.39 Å². The van der Waals surface area contributed by atoms with Crippen LogP contribution in [0.4, 0.5) is 4.39 Å². The van der Waals surface area contributed by atoms with Gasteiger partial charge in [-0.3, -0.25) is 4.99 Å². The van der Waals surface area contributed by atoms with Crippen LogP contribution in [-0.4, -0.2) is 17.8 Å². The molecule has 1 N–H and O–H groups in total. The zero-order chi connectivity index (χ0) is 23.3. The Morgan fingerprint density at radius 1 is 1.31 bits per heavy atom. The van der Waals surface area contributed by atoms with Crippen molar-refractivity contribution in [3.05, 3.63) is 95.9 Å². The van der Waals surface area contributed by atoms with Crippen molar-refractivity contribution in [3.8, 4) is 0 Å². The zero-order valence-electron chi connectivity index (χ0n) is 19.9. The van der Waals surface area contributed by atoms with Crippen LogP contribution < -0.4 is 5.32 Å². The Morgan fingerprint density at radius 2 is 2.12 bits per heavy atom. The largest absolute Gasteiger partial charge is 0.357 e. The van der Waals surface area contributed by atoms with Crippen molar-refractivity contribution in [2.75, 3.05) is 6.54 Å². The van der Waals surface area contributed by atoms with E-state index in [0.29, 0.717) is 17.6 Å². The highest BCUT2D eigenvalue weighted by atomic mass is 32.2. The second kappa shape index (κ2) is 13.9. The number of thioether (sulfide) groups is 1. The molecule has 172 valence electrons. The minimum atomic E-state index is -0.199. The number of hydrogen-bond donors (Lipinski definition) is 1. The van der Waals surface area contributed by atoms with Gasteiger partial charge in [-0.05, 0) is 49.0 Å². The van der Waals surface area contributed by atoms with Crippen LogP contribution >= 0.6 is 11.8 Å². The zero-order valence-corrected chi connectivity index (χ0v) is 20.7. The Hall–Kier alpha value is -2.33. The molecule has 0 saturated heterocycles. The van der Waals surface area contributed by atoms with Crippen molar-refractivity contribution in [1.29, 1.82) is 0 Å². The summed E-state index contributed by atoms with van der Waals surface area (Å²) in [5.41, 5.74) is 3.57. The lowest BCUT2D eigenvalue weighted by molar-refractivity contribution is 0.479. The lowest BCUT2D eigenvalue weighted by Crippen LogP contribution is -2.46. The fourth-order valence-corrected chi connectivity index (χ4v) is 4.75. The summed E-state index contributed by atoms with van der Waals surface area (Å²) in [6.45, 7) is 13.1. The van der Waals surface area contributed by atoms with Crippen LogP contribution in [0.1, 0.15) is 46.1 Å². The Balaban J connectivity index is 0.00000176. The van der Waals surface area contributed by atoms with Gasteiger partial charge in [0.2, 0.25) is 0 Å². The Kier molecular flexibility index (Phi) is 11.3. The maximum atomic E-state index is 13.5. The predicted molar refractivity (Wildman–Crippen MR) is 140 cm³/mol. The molecule has 1 aromatic rings. The van der Waals surface area contributed by atoms with Crippen LogP contribution in [0.25, 0.3) is 0 Å². The molecule has 32 heavy (non-hydrogen) atoms. The van der Waals surface area contributed by atoms with Gasteiger partial charge in [0, 0.05) is 11.7 Å². The fourth-order valence-electron chi connectivity index (χ4n) is 3.89. The highest BCUT2D eigenvalue weighted by Gasteiger charge is 2.31. The van der Waals surface area contributed by atoms with E-state index in [1.807, 2.05) is 39.0 Å². The van der Waals surface area contributed by atoms with E-state index in [1.54, 1.807) is 23.9 Å². The van der Waals surface area contributed by atoms with Crippen molar-refractivity contribution < 1.29 is 4.39 Å². The smallest absolute Gasteiger partial charge is 0.157 e. The Morgan fingerprint density at radius 3 is 2.84 bits per heavy atom. The summed E-state index contributed by atoms with van der Waals surface area (Å²) >= 11 is 1.63. The molecule has 3 atom stereocenters. The summed E-state index contributed by atoms with van der Waals surface area (Å²) < 4.78 is 13.5. The average molecular weight is 453 g/mol. The van der Waals surface area contributed by atoms with E-state index >= 15 is 0 Å². The molecule has 1 unspecified atom stereocenters. The number of rotatable bonds is 6. The number of amidine groups is 1. The second-order valence-electron chi connectivity index (χ2n) is 7.82. The van der Waals surface area contributed by atoms with Gasteiger partial charge < -0.3 is 5.32 Å². The third-order valence-electron chi connectivity index (χ3n) is 5.46. The molecule has 0 aromatic heterocycles. The standard InChI is InChI=1S/C26H31FN2S.C2H6/c1-4-6-12-21(5-2)25-24(22-13-8-7-10-19(3)15-22)17-28-26(29-25)30-18-20-11-9-14-23(27)16-20;1-2/h4-9,11-12,14-16,19,24-25H,2,10,13,17-18H2,1,3H3,(H,28,29);1-2H3/b6-4-,21-12+;/t19?,24-,25+;/m0./s1. The highest BCUT2D eigenvalue weighted by molar-refractivity contribution is 8.13. The summed E-state index contributed by atoms with van der Waals surface area (Å²) in [5, 5.41) is 4.57. The maximum Gasteiger partial charge on any atom is 0.157 e. The molecule has 4 heteroatoms. The van der Waals surface area contributed by atoms with Crippen molar-refractivity contribution >= 4 is 16.9 Å². The number of halogens is 1. The first-order valence-corrected chi connectivity index (χ1v) is 12.6. The van der Waals surface area contributed by atoms with Crippen LogP contribution in [0.2, 0.25) is 0 Å². The second-order valence-corrected chi connectivity index (χ2v) is 8.78. The molecule has 3 rings (SSSR count). The van der Waals surface area contributed by atoms with Crippen LogP contribution in [-0.2, 0) is 5.75 Å². The minimum Gasteiger partial charge on any atom is -0.357 e. The molecule has 1 aliphatic heterocycles. The SMILES string of the molecule is C=C/C(=C\C=C/C)[C@H]1NC(SCc2cccc(F)c2)=NC[C@H]1C1=CC(C)CC=CC1.CC. The van der Waals surface area contributed by atoms with E-state index in [0.717, 1.165) is 30.1 Å². The normalized spacial score (nSPS) is 23.4. The van der Waals surface area contributed by atoms with E-state index in [1.165, 1.54) is 17.2 Å². The van der Waals surface area contributed by atoms with E-state index in [-0.39, 0.29) is 11.9 Å². The molecule has 0 radical (unpaired) electrons. The molecule has 0 spiro atoms. The molecule has 2 nitrogen and oxygen atoms in total. The summed E-state index contributed by atoms with van der Waals surface area (Å²) in [6, 6.07) is 6.88. The summed E-state index contributed by atoms with van der Waals surface area (Å²) in [6.07, 6.45) is 17.2. The van der Waals surface area contributed by atoms with Gasteiger partial charge in [0.25, 0.3) is 0 Å². The molecule has 1 heterocycles. The van der Waals surface area contributed by atoms with Crippen molar-refractivity contribution in [3.63, 3.8) is 0 Å². The Bertz CT molecular complexity index is 894. The van der Waals surface area contributed by atoms with Gasteiger partial charge >= 0.3 is 0 Å². The van der Waals surface area contributed by atoms with Crippen LogP contribution in [0.15, 0.2) is 89.5 Å². The predicted octanol–water partition coefficient (Wildman–Crippen LogP) is 7.63. The molecule has 0 fully saturated rings. The number of nitrogens with one attached hydrogen (secondary N) is 1. The Labute approximate surface area is 198 Å². The van der Waals surface area contributed by atoms with Crippen molar-refractivity contribution in [1.82, 2.24) is 5.32 Å². The number of allylic oxidation sites excluding steroid dienone is 6. The highest BCUT2D eigenvalue weighted by Crippen LogP contribution is 2.32. The lowest BCUT2D eigenvalue weighted by Gasteiger charge is -2.35. The first-order chi connectivity index (χ1) is 15.6.